The van der Waals surface area contributed by atoms with Crippen molar-refractivity contribution < 1.29 is 14.3 Å². The van der Waals surface area contributed by atoms with E-state index in [1.54, 1.807) is 0 Å². The van der Waals surface area contributed by atoms with Crippen molar-refractivity contribution in [1.82, 2.24) is 0 Å². The highest BCUT2D eigenvalue weighted by Crippen LogP contribution is 2.14. The van der Waals surface area contributed by atoms with E-state index < -0.39 is 6.10 Å². The zero-order chi connectivity index (χ0) is 25.8. The maximum Gasteiger partial charge on any atom is 0.306 e. The van der Waals surface area contributed by atoms with Crippen LogP contribution in [0.2, 0.25) is 0 Å². The van der Waals surface area contributed by atoms with Crippen LogP contribution in [0.5, 0.6) is 0 Å². The molecule has 0 N–H and O–H groups in total. The maximum atomic E-state index is 12.8. The van der Waals surface area contributed by atoms with Crippen LogP contribution in [0, 0.1) is 0 Å². The fourth-order valence-electron chi connectivity index (χ4n) is 3.90. The Morgan fingerprint density at radius 3 is 1.49 bits per heavy atom. The molecule has 3 heteroatoms. The normalized spacial score (nSPS) is 12.8. The molecule has 0 aliphatic carbocycles. The Labute approximate surface area is 217 Å². The summed E-state index contributed by atoms with van der Waals surface area (Å²) in [5.41, 5.74) is 0. The largest absolute Gasteiger partial charge is 0.454 e. The monoisotopic (exact) mass is 488 g/mol. The van der Waals surface area contributed by atoms with E-state index in [1.165, 1.54) is 51.4 Å². The molecule has 0 saturated heterocycles. The van der Waals surface area contributed by atoms with Gasteiger partial charge in [-0.3, -0.25) is 9.59 Å². The van der Waals surface area contributed by atoms with E-state index in [1.807, 2.05) is 0 Å². The summed E-state index contributed by atoms with van der Waals surface area (Å²) in [5, 5.41) is 0. The van der Waals surface area contributed by atoms with Crippen molar-refractivity contribution in [2.75, 3.05) is 0 Å². The minimum absolute atomic E-state index is 0.0862. The van der Waals surface area contributed by atoms with Gasteiger partial charge in [0.25, 0.3) is 0 Å². The van der Waals surface area contributed by atoms with Crippen LogP contribution in [0.15, 0.2) is 36.5 Å². The van der Waals surface area contributed by atoms with E-state index in [2.05, 4.69) is 57.2 Å². The summed E-state index contributed by atoms with van der Waals surface area (Å²) in [6.45, 7) is 6.63. The lowest BCUT2D eigenvalue weighted by atomic mass is 10.0. The van der Waals surface area contributed by atoms with Crippen LogP contribution in [0.1, 0.15) is 149 Å². The van der Waals surface area contributed by atoms with Gasteiger partial charge in [-0.05, 0) is 77.0 Å². The van der Waals surface area contributed by atoms with Crippen molar-refractivity contribution in [3.05, 3.63) is 36.5 Å². The van der Waals surface area contributed by atoms with E-state index in [9.17, 15) is 9.59 Å². The molecule has 35 heavy (non-hydrogen) atoms. The molecule has 0 bridgehead atoms. The molecule has 0 aromatic heterocycles. The molecule has 0 heterocycles. The van der Waals surface area contributed by atoms with Crippen molar-refractivity contribution >= 4 is 11.8 Å². The highest BCUT2D eigenvalue weighted by Gasteiger charge is 2.21. The number of ether oxygens (including phenoxy) is 1. The Hall–Kier alpha value is -1.64. The average molecular weight is 489 g/mol. The van der Waals surface area contributed by atoms with Crippen molar-refractivity contribution in [1.29, 1.82) is 0 Å². The van der Waals surface area contributed by atoms with Gasteiger partial charge in [-0.15, -0.1) is 0 Å². The van der Waals surface area contributed by atoms with Gasteiger partial charge in [-0.25, -0.2) is 0 Å². The third kappa shape index (κ3) is 23.9. The standard InChI is InChI=1S/C32H56O3/c1-4-7-10-13-16-19-22-25-28-31(30(33)27-24-21-18-15-12-9-6-3)35-32(34)29-26-23-20-17-14-11-8-5-2/h15-20,31H,4-14,21-29H2,1-3H3/b18-15?,19-16?,20-17-. The van der Waals surface area contributed by atoms with Crippen LogP contribution in [-0.4, -0.2) is 17.9 Å². The van der Waals surface area contributed by atoms with E-state index >= 15 is 0 Å². The second kappa shape index (κ2) is 27.0. The zero-order valence-corrected chi connectivity index (χ0v) is 23.4. The van der Waals surface area contributed by atoms with Crippen LogP contribution in [0.4, 0.5) is 0 Å². The van der Waals surface area contributed by atoms with Gasteiger partial charge in [-0.1, -0.05) is 95.8 Å². The Morgan fingerprint density at radius 1 is 0.543 bits per heavy atom. The number of esters is 1. The maximum absolute atomic E-state index is 12.8. The van der Waals surface area contributed by atoms with Crippen molar-refractivity contribution in [3.8, 4) is 0 Å². The molecule has 0 aliphatic rings. The van der Waals surface area contributed by atoms with E-state index in [4.69, 9.17) is 4.74 Å². The summed E-state index contributed by atoms with van der Waals surface area (Å²) in [5.74, 6) is -0.139. The Bertz CT molecular complexity index is 573. The molecule has 0 saturated carbocycles. The molecule has 0 aromatic rings. The molecule has 0 rings (SSSR count). The summed E-state index contributed by atoms with van der Waals surface area (Å²) >= 11 is 0. The first-order valence-corrected chi connectivity index (χ1v) is 14.8. The summed E-state index contributed by atoms with van der Waals surface area (Å²) in [7, 11) is 0. The smallest absolute Gasteiger partial charge is 0.306 e. The Balaban J connectivity index is 4.42. The van der Waals surface area contributed by atoms with Gasteiger partial charge in [-0.2, -0.15) is 0 Å². The SMILES string of the molecule is CCCCC=CCCCC(=O)C(CCCC=CCCCCC)OC(=O)CCC/C=C\CCCCC. The van der Waals surface area contributed by atoms with Crippen molar-refractivity contribution in [2.45, 2.75) is 155 Å². The number of carbonyl (C=O) groups excluding carboxylic acids is 2. The zero-order valence-electron chi connectivity index (χ0n) is 23.4. The molecule has 0 amide bonds. The first-order valence-electron chi connectivity index (χ1n) is 14.8. The fraction of sp³-hybridized carbons (Fsp3) is 0.750. The minimum atomic E-state index is -0.579. The van der Waals surface area contributed by atoms with Gasteiger partial charge >= 0.3 is 5.97 Å². The lowest BCUT2D eigenvalue weighted by molar-refractivity contribution is -0.155. The molecule has 0 aliphatic heterocycles. The summed E-state index contributed by atoms with van der Waals surface area (Å²) in [6, 6.07) is 0. The molecule has 3 nitrogen and oxygen atoms in total. The number of Topliss-reactive ketones (excluding diaryl/α,β-unsaturated/α-hetero) is 1. The molecule has 202 valence electrons. The predicted molar refractivity (Wildman–Crippen MR) is 152 cm³/mol. The molecule has 0 fully saturated rings. The van der Waals surface area contributed by atoms with Crippen LogP contribution in [-0.2, 0) is 14.3 Å². The average Bonchev–Trinajstić information content (AvgIpc) is 2.85. The van der Waals surface area contributed by atoms with Crippen LogP contribution < -0.4 is 0 Å². The third-order valence-corrected chi connectivity index (χ3v) is 6.19. The molecular formula is C32H56O3. The van der Waals surface area contributed by atoms with Crippen LogP contribution >= 0.6 is 0 Å². The number of ketones is 1. The molecular weight excluding hydrogens is 432 g/mol. The molecule has 1 unspecified atom stereocenters. The lowest BCUT2D eigenvalue weighted by Gasteiger charge is -2.16. The van der Waals surface area contributed by atoms with E-state index in [-0.39, 0.29) is 11.8 Å². The van der Waals surface area contributed by atoms with E-state index in [0.29, 0.717) is 19.3 Å². The summed E-state index contributed by atoms with van der Waals surface area (Å²) in [4.78, 5) is 25.2. The third-order valence-electron chi connectivity index (χ3n) is 6.19. The topological polar surface area (TPSA) is 43.4 Å². The molecule has 0 spiro atoms. The van der Waals surface area contributed by atoms with Gasteiger partial charge in [0.05, 0.1) is 0 Å². The minimum Gasteiger partial charge on any atom is -0.454 e. The second-order valence-electron chi connectivity index (χ2n) is 9.71. The number of unbranched alkanes of at least 4 members (excludes halogenated alkanes) is 11. The first kappa shape index (κ1) is 33.4. The number of hydrogen-bond donors (Lipinski definition) is 0. The number of hydrogen-bond acceptors (Lipinski definition) is 3. The summed E-state index contributed by atoms with van der Waals surface area (Å²) in [6.07, 6.45) is 32.7. The number of carbonyl (C=O) groups is 2. The van der Waals surface area contributed by atoms with E-state index in [0.717, 1.165) is 57.8 Å². The van der Waals surface area contributed by atoms with Gasteiger partial charge < -0.3 is 4.74 Å². The van der Waals surface area contributed by atoms with Crippen molar-refractivity contribution in [3.63, 3.8) is 0 Å². The van der Waals surface area contributed by atoms with Crippen molar-refractivity contribution in [2.24, 2.45) is 0 Å². The first-order chi connectivity index (χ1) is 17.2. The molecule has 0 radical (unpaired) electrons. The Morgan fingerprint density at radius 2 is 0.971 bits per heavy atom. The summed E-state index contributed by atoms with van der Waals surface area (Å²) < 4.78 is 5.69. The lowest BCUT2D eigenvalue weighted by Crippen LogP contribution is -2.27. The van der Waals surface area contributed by atoms with Crippen LogP contribution in [0.3, 0.4) is 0 Å². The molecule has 1 atom stereocenters. The number of rotatable bonds is 25. The van der Waals surface area contributed by atoms with Gasteiger partial charge in [0.15, 0.2) is 11.9 Å². The highest BCUT2D eigenvalue weighted by molar-refractivity contribution is 5.85. The highest BCUT2D eigenvalue weighted by atomic mass is 16.5. The van der Waals surface area contributed by atoms with Crippen LogP contribution in [0.25, 0.3) is 0 Å². The number of allylic oxidation sites excluding steroid dienone is 6. The predicted octanol–water partition coefficient (Wildman–Crippen LogP) is 10.00. The quantitative estimate of drug-likeness (QED) is 0.0729. The van der Waals surface area contributed by atoms with Gasteiger partial charge in [0, 0.05) is 12.8 Å². The fourth-order valence-corrected chi connectivity index (χ4v) is 3.90. The molecule has 0 aromatic carbocycles. The van der Waals surface area contributed by atoms with Gasteiger partial charge in [0.1, 0.15) is 0 Å². The van der Waals surface area contributed by atoms with Gasteiger partial charge in [0.2, 0.25) is 0 Å². The second-order valence-corrected chi connectivity index (χ2v) is 9.71. The Kier molecular flexibility index (Phi) is 25.7.